The van der Waals surface area contributed by atoms with Gasteiger partial charge in [-0.3, -0.25) is 4.90 Å². The van der Waals surface area contributed by atoms with Gasteiger partial charge in [0.1, 0.15) is 5.75 Å². The molecule has 5 rings (SSSR count). The zero-order valence-electron chi connectivity index (χ0n) is 18.4. The molecule has 2 aromatic carbocycles. The fraction of sp³-hybridized carbons (Fsp3) is 0.400. The number of methoxy groups -OCH3 is 1. The van der Waals surface area contributed by atoms with Gasteiger partial charge in [-0.15, -0.1) is 0 Å². The molecular weight excluding hydrogens is 422 g/mol. The van der Waals surface area contributed by atoms with Gasteiger partial charge in [0.25, 0.3) is 0 Å². The summed E-state index contributed by atoms with van der Waals surface area (Å²) in [5.41, 5.74) is 5.96. The summed E-state index contributed by atoms with van der Waals surface area (Å²) in [5, 5.41) is 5.02. The normalized spacial score (nSPS) is 19.4. The lowest BCUT2D eigenvalue weighted by molar-refractivity contribution is 0.191. The fourth-order valence-electron chi connectivity index (χ4n) is 4.96. The van der Waals surface area contributed by atoms with E-state index in [1.807, 2.05) is 30.3 Å². The van der Waals surface area contributed by atoms with E-state index in [9.17, 15) is 8.42 Å². The SMILES string of the molecule is COc1ccc(CN(Cc2nn(-c3ccccc3)c3c2CCC3)C2CCS(=O)(=O)C2)cc1. The van der Waals surface area contributed by atoms with Crippen molar-refractivity contribution in [2.24, 2.45) is 0 Å². The van der Waals surface area contributed by atoms with Crippen LogP contribution in [0.1, 0.15) is 35.4 Å². The fourth-order valence-corrected chi connectivity index (χ4v) is 6.72. The van der Waals surface area contributed by atoms with Crippen molar-refractivity contribution in [1.82, 2.24) is 14.7 Å². The topological polar surface area (TPSA) is 64.4 Å². The molecule has 1 fully saturated rings. The molecule has 1 aromatic heterocycles. The second kappa shape index (κ2) is 8.71. The van der Waals surface area contributed by atoms with Crippen LogP contribution in [0.5, 0.6) is 5.75 Å². The summed E-state index contributed by atoms with van der Waals surface area (Å²) in [4.78, 5) is 2.31. The molecule has 0 bridgehead atoms. The third kappa shape index (κ3) is 4.32. The highest BCUT2D eigenvalue weighted by Crippen LogP contribution is 2.30. The number of sulfone groups is 1. The van der Waals surface area contributed by atoms with Crippen LogP contribution >= 0.6 is 0 Å². The minimum Gasteiger partial charge on any atom is -0.497 e. The highest BCUT2D eigenvalue weighted by Gasteiger charge is 2.34. The van der Waals surface area contributed by atoms with E-state index in [1.54, 1.807) is 7.11 Å². The molecule has 0 spiro atoms. The molecular formula is C25H29N3O3S. The molecule has 0 radical (unpaired) electrons. The molecule has 3 aromatic rings. The molecule has 0 saturated carbocycles. The Balaban J connectivity index is 1.46. The van der Waals surface area contributed by atoms with Gasteiger partial charge in [-0.1, -0.05) is 30.3 Å². The second-order valence-corrected chi connectivity index (χ2v) is 11.0. The Morgan fingerprint density at radius 3 is 2.53 bits per heavy atom. The lowest BCUT2D eigenvalue weighted by Crippen LogP contribution is -2.35. The lowest BCUT2D eigenvalue weighted by atomic mass is 10.1. The second-order valence-electron chi connectivity index (χ2n) is 8.78. The van der Waals surface area contributed by atoms with Crippen LogP contribution in [0.4, 0.5) is 0 Å². The Labute approximate surface area is 189 Å². The number of hydrogen-bond acceptors (Lipinski definition) is 5. The molecule has 1 aliphatic heterocycles. The minimum atomic E-state index is -2.97. The van der Waals surface area contributed by atoms with Crippen LogP contribution in [0.15, 0.2) is 54.6 Å². The highest BCUT2D eigenvalue weighted by atomic mass is 32.2. The summed E-state index contributed by atoms with van der Waals surface area (Å²) >= 11 is 0. The average Bonchev–Trinajstić information content (AvgIpc) is 3.50. The highest BCUT2D eigenvalue weighted by molar-refractivity contribution is 7.91. The Morgan fingerprint density at radius 2 is 1.84 bits per heavy atom. The van der Waals surface area contributed by atoms with Crippen molar-refractivity contribution in [2.45, 2.75) is 44.8 Å². The van der Waals surface area contributed by atoms with Crippen molar-refractivity contribution in [2.75, 3.05) is 18.6 Å². The van der Waals surface area contributed by atoms with Crippen molar-refractivity contribution in [1.29, 1.82) is 0 Å². The molecule has 32 heavy (non-hydrogen) atoms. The van der Waals surface area contributed by atoms with Gasteiger partial charge in [0.2, 0.25) is 0 Å². The van der Waals surface area contributed by atoms with Crippen molar-refractivity contribution in [3.63, 3.8) is 0 Å². The van der Waals surface area contributed by atoms with Gasteiger partial charge in [0.15, 0.2) is 9.84 Å². The number of ether oxygens (including phenoxy) is 1. The Hall–Kier alpha value is -2.64. The summed E-state index contributed by atoms with van der Waals surface area (Å²) in [7, 11) is -1.31. The summed E-state index contributed by atoms with van der Waals surface area (Å²) in [5.74, 6) is 1.32. The van der Waals surface area contributed by atoms with E-state index in [0.717, 1.165) is 42.0 Å². The molecule has 1 unspecified atom stereocenters. The van der Waals surface area contributed by atoms with Crippen molar-refractivity contribution < 1.29 is 13.2 Å². The number of hydrogen-bond donors (Lipinski definition) is 0. The number of rotatable bonds is 7. The van der Waals surface area contributed by atoms with E-state index in [2.05, 4.69) is 33.8 Å². The number of para-hydroxylation sites is 1. The van der Waals surface area contributed by atoms with Crippen LogP contribution in [0, 0.1) is 0 Å². The zero-order valence-corrected chi connectivity index (χ0v) is 19.2. The van der Waals surface area contributed by atoms with E-state index in [4.69, 9.17) is 9.84 Å². The largest absolute Gasteiger partial charge is 0.497 e. The van der Waals surface area contributed by atoms with E-state index < -0.39 is 9.84 Å². The molecule has 1 aliphatic carbocycles. The first-order chi connectivity index (χ1) is 15.5. The number of fused-ring (bicyclic) bond motifs is 1. The van der Waals surface area contributed by atoms with Crippen LogP contribution < -0.4 is 4.74 Å². The maximum Gasteiger partial charge on any atom is 0.151 e. The lowest BCUT2D eigenvalue weighted by Gasteiger charge is -2.28. The monoisotopic (exact) mass is 451 g/mol. The molecule has 7 heteroatoms. The molecule has 1 saturated heterocycles. The molecule has 2 heterocycles. The smallest absolute Gasteiger partial charge is 0.151 e. The number of benzene rings is 2. The Kier molecular flexibility index (Phi) is 5.78. The first-order valence-electron chi connectivity index (χ1n) is 11.2. The predicted octanol–water partition coefficient (Wildman–Crippen LogP) is 3.56. The van der Waals surface area contributed by atoms with Crippen LogP contribution in [0.3, 0.4) is 0 Å². The Bertz CT molecular complexity index is 1190. The predicted molar refractivity (Wildman–Crippen MR) is 125 cm³/mol. The van der Waals surface area contributed by atoms with Gasteiger partial charge in [-0.25, -0.2) is 13.1 Å². The van der Waals surface area contributed by atoms with E-state index in [-0.39, 0.29) is 17.5 Å². The van der Waals surface area contributed by atoms with E-state index in [1.165, 1.54) is 11.3 Å². The number of aromatic nitrogens is 2. The van der Waals surface area contributed by atoms with Gasteiger partial charge in [0.05, 0.1) is 30.0 Å². The third-order valence-corrected chi connectivity index (χ3v) is 8.39. The van der Waals surface area contributed by atoms with Gasteiger partial charge in [-0.2, -0.15) is 5.10 Å². The van der Waals surface area contributed by atoms with E-state index in [0.29, 0.717) is 19.5 Å². The van der Waals surface area contributed by atoms with Gasteiger partial charge in [-0.05, 0) is 61.1 Å². The van der Waals surface area contributed by atoms with Crippen LogP contribution in [0.2, 0.25) is 0 Å². The first kappa shape index (κ1) is 21.2. The minimum absolute atomic E-state index is 0.0148. The Morgan fingerprint density at radius 1 is 1.06 bits per heavy atom. The number of nitrogens with zero attached hydrogens (tertiary/aromatic N) is 3. The van der Waals surface area contributed by atoms with Crippen molar-refractivity contribution in [3.8, 4) is 11.4 Å². The van der Waals surface area contributed by atoms with Crippen LogP contribution in [0.25, 0.3) is 5.69 Å². The maximum atomic E-state index is 12.2. The first-order valence-corrected chi connectivity index (χ1v) is 13.1. The maximum absolute atomic E-state index is 12.2. The average molecular weight is 452 g/mol. The van der Waals surface area contributed by atoms with Crippen molar-refractivity contribution >= 4 is 9.84 Å². The molecule has 2 aliphatic rings. The van der Waals surface area contributed by atoms with Crippen molar-refractivity contribution in [3.05, 3.63) is 77.1 Å². The van der Waals surface area contributed by atoms with Gasteiger partial charge in [0, 0.05) is 24.8 Å². The summed E-state index contributed by atoms with van der Waals surface area (Å²) in [6, 6.07) is 18.3. The molecule has 1 atom stereocenters. The standard InChI is InChI=1S/C25H29N3O3S/c1-31-22-12-10-19(11-13-22)16-27(21-14-15-32(29,30)18-21)17-24-23-8-5-9-25(23)28(26-24)20-6-3-2-4-7-20/h2-4,6-7,10-13,21H,5,8-9,14-18H2,1H3. The molecule has 168 valence electrons. The summed E-state index contributed by atoms with van der Waals surface area (Å²) in [6.07, 6.45) is 3.90. The molecule has 0 amide bonds. The van der Waals surface area contributed by atoms with Crippen LogP contribution in [-0.4, -0.2) is 47.8 Å². The van der Waals surface area contributed by atoms with Crippen LogP contribution in [-0.2, 0) is 35.8 Å². The summed E-state index contributed by atoms with van der Waals surface area (Å²) in [6.45, 7) is 1.35. The zero-order chi connectivity index (χ0) is 22.1. The van der Waals surface area contributed by atoms with E-state index >= 15 is 0 Å². The molecule has 6 nitrogen and oxygen atoms in total. The summed E-state index contributed by atoms with van der Waals surface area (Å²) < 4.78 is 31.9. The quantitative estimate of drug-likeness (QED) is 0.550. The molecule has 0 N–H and O–H groups in total. The van der Waals surface area contributed by atoms with Gasteiger partial charge >= 0.3 is 0 Å². The van der Waals surface area contributed by atoms with Gasteiger partial charge < -0.3 is 4.74 Å². The third-order valence-electron chi connectivity index (χ3n) is 6.64.